The summed E-state index contributed by atoms with van der Waals surface area (Å²) in [5, 5.41) is 0. The summed E-state index contributed by atoms with van der Waals surface area (Å²) in [5.41, 5.74) is 22.6. The Bertz CT molecular complexity index is 3080. The third kappa shape index (κ3) is 5.56. The standard InChI is InChI=1S/C60H48N2/c1-41-35-37-48-43(39-41)21-17-33-56(48)61(44-22-7-3-8-23-44)46-36-38-50-49-27-11-14-29-52(49)60(55(50)40-46)53-30-15-12-28-51(53)59-54(60)31-18-34-58(59)62(45-24-9-4-10-25-45)57-32-16-13-26-47(57)42-19-5-2-6-20-42/h3-4,7-19,21-38,40-41H,2,5-6,20,39H2,1H3. The van der Waals surface area contributed by atoms with E-state index in [4.69, 9.17) is 0 Å². The third-order valence-corrected chi connectivity index (χ3v) is 13.9. The Morgan fingerprint density at radius 1 is 0.468 bits per heavy atom. The highest BCUT2D eigenvalue weighted by Gasteiger charge is 2.52. The number of rotatable bonds is 7. The van der Waals surface area contributed by atoms with E-state index in [1.54, 1.807) is 0 Å². The molecule has 0 aliphatic heterocycles. The smallest absolute Gasteiger partial charge is 0.0727 e. The summed E-state index contributed by atoms with van der Waals surface area (Å²) >= 11 is 0. The molecule has 0 radical (unpaired) electrons. The molecule has 62 heavy (non-hydrogen) atoms. The Hall–Kier alpha value is -7.16. The molecule has 4 aliphatic carbocycles. The Balaban J connectivity index is 1.13. The molecule has 0 aromatic heterocycles. The molecule has 0 N–H and O–H groups in total. The molecule has 0 saturated heterocycles. The summed E-state index contributed by atoms with van der Waals surface area (Å²) in [5.74, 6) is 0.518. The number of benzene rings is 8. The van der Waals surface area contributed by atoms with Crippen LogP contribution in [0.3, 0.4) is 0 Å². The van der Waals surface area contributed by atoms with E-state index in [9.17, 15) is 0 Å². The first-order chi connectivity index (χ1) is 30.7. The van der Waals surface area contributed by atoms with Gasteiger partial charge in [-0.05, 0) is 143 Å². The lowest BCUT2D eigenvalue weighted by molar-refractivity contribution is 0.717. The Kier molecular flexibility index (Phi) is 8.74. The summed E-state index contributed by atoms with van der Waals surface area (Å²) in [6, 6.07) is 70.7. The van der Waals surface area contributed by atoms with Crippen LogP contribution in [0.4, 0.5) is 34.1 Å². The van der Waals surface area contributed by atoms with E-state index in [1.165, 1.54) is 96.7 Å². The zero-order valence-corrected chi connectivity index (χ0v) is 35.1. The van der Waals surface area contributed by atoms with Crippen molar-refractivity contribution in [2.75, 3.05) is 9.80 Å². The van der Waals surface area contributed by atoms with Crippen LogP contribution in [0.2, 0.25) is 0 Å². The van der Waals surface area contributed by atoms with Gasteiger partial charge in [-0.2, -0.15) is 0 Å². The molecule has 8 aromatic rings. The zero-order valence-electron chi connectivity index (χ0n) is 35.1. The van der Waals surface area contributed by atoms with Crippen molar-refractivity contribution in [1.29, 1.82) is 0 Å². The van der Waals surface area contributed by atoms with Crippen LogP contribution in [0.5, 0.6) is 0 Å². The summed E-state index contributed by atoms with van der Waals surface area (Å²) in [7, 11) is 0. The SMILES string of the molecule is CC1C=Cc2c(cccc2N(c2ccccc2)c2ccc3c(c2)C2(c4ccccc4-3)c3ccccc3-c3c(N(c4ccccc4)c4ccccc4C4=CCCCC4)cccc32)C1. The number of para-hydroxylation sites is 3. The lowest BCUT2D eigenvalue weighted by Crippen LogP contribution is -2.26. The molecular weight excluding hydrogens is 749 g/mol. The van der Waals surface area contributed by atoms with Crippen molar-refractivity contribution in [2.45, 2.75) is 44.4 Å². The summed E-state index contributed by atoms with van der Waals surface area (Å²) < 4.78 is 0. The molecule has 4 aliphatic rings. The molecule has 0 heterocycles. The predicted molar refractivity (Wildman–Crippen MR) is 260 cm³/mol. The lowest BCUT2D eigenvalue weighted by Gasteiger charge is -2.34. The molecular formula is C60H48N2. The van der Waals surface area contributed by atoms with Crippen LogP contribution in [-0.4, -0.2) is 0 Å². The number of anilines is 6. The van der Waals surface area contributed by atoms with Crippen LogP contribution in [0, 0.1) is 5.92 Å². The molecule has 0 amide bonds. The van der Waals surface area contributed by atoms with Crippen molar-refractivity contribution in [3.8, 4) is 22.3 Å². The lowest BCUT2D eigenvalue weighted by atomic mass is 9.70. The predicted octanol–water partition coefficient (Wildman–Crippen LogP) is 16.1. The van der Waals surface area contributed by atoms with Gasteiger partial charge < -0.3 is 9.80 Å². The first-order valence-electron chi connectivity index (χ1n) is 22.5. The maximum Gasteiger partial charge on any atom is 0.0727 e. The van der Waals surface area contributed by atoms with Crippen molar-refractivity contribution >= 4 is 45.8 Å². The van der Waals surface area contributed by atoms with Gasteiger partial charge in [0.1, 0.15) is 0 Å². The van der Waals surface area contributed by atoms with Crippen LogP contribution in [0.1, 0.15) is 71.6 Å². The topological polar surface area (TPSA) is 6.48 Å². The average Bonchev–Trinajstić information content (AvgIpc) is 3.80. The van der Waals surface area contributed by atoms with Gasteiger partial charge in [0.05, 0.1) is 22.5 Å². The van der Waals surface area contributed by atoms with Gasteiger partial charge in [-0.1, -0.05) is 159 Å². The van der Waals surface area contributed by atoms with E-state index >= 15 is 0 Å². The van der Waals surface area contributed by atoms with Gasteiger partial charge in [-0.25, -0.2) is 0 Å². The fraction of sp³-hybridized carbons (Fsp3) is 0.133. The number of nitrogens with zero attached hydrogens (tertiary/aromatic N) is 2. The number of hydrogen-bond acceptors (Lipinski definition) is 2. The molecule has 1 spiro atoms. The molecule has 298 valence electrons. The molecule has 12 rings (SSSR count). The van der Waals surface area contributed by atoms with E-state index < -0.39 is 5.41 Å². The Morgan fingerprint density at radius 2 is 1.08 bits per heavy atom. The Labute approximate surface area is 365 Å². The molecule has 2 unspecified atom stereocenters. The molecule has 2 nitrogen and oxygen atoms in total. The van der Waals surface area contributed by atoms with Crippen LogP contribution in [0.25, 0.3) is 33.9 Å². The van der Waals surface area contributed by atoms with Gasteiger partial charge in [-0.15, -0.1) is 0 Å². The number of allylic oxidation sites excluding steroid dienone is 3. The molecule has 0 bridgehead atoms. The largest absolute Gasteiger partial charge is 0.310 e. The van der Waals surface area contributed by atoms with Crippen molar-refractivity contribution in [3.63, 3.8) is 0 Å². The fourth-order valence-corrected chi connectivity index (χ4v) is 11.3. The fourth-order valence-electron chi connectivity index (χ4n) is 11.3. The van der Waals surface area contributed by atoms with Crippen LogP contribution in [0.15, 0.2) is 200 Å². The summed E-state index contributed by atoms with van der Waals surface area (Å²) in [6.07, 6.45) is 13.0. The number of hydrogen-bond donors (Lipinski definition) is 0. The van der Waals surface area contributed by atoms with Crippen LogP contribution in [-0.2, 0) is 11.8 Å². The minimum atomic E-state index is -0.536. The first kappa shape index (κ1) is 36.7. The third-order valence-electron chi connectivity index (χ3n) is 13.9. The Morgan fingerprint density at radius 3 is 1.85 bits per heavy atom. The van der Waals surface area contributed by atoms with Gasteiger partial charge in [-0.3, -0.25) is 0 Å². The van der Waals surface area contributed by atoms with Crippen molar-refractivity contribution < 1.29 is 0 Å². The van der Waals surface area contributed by atoms with Crippen molar-refractivity contribution in [2.24, 2.45) is 5.92 Å². The van der Waals surface area contributed by atoms with Gasteiger partial charge >= 0.3 is 0 Å². The number of fused-ring (bicyclic) bond motifs is 11. The highest BCUT2D eigenvalue weighted by molar-refractivity contribution is 6.02. The second-order valence-electron chi connectivity index (χ2n) is 17.5. The summed E-state index contributed by atoms with van der Waals surface area (Å²) in [4.78, 5) is 5.03. The molecule has 2 atom stereocenters. The maximum atomic E-state index is 2.54. The molecule has 8 aromatic carbocycles. The van der Waals surface area contributed by atoms with Gasteiger partial charge in [0.25, 0.3) is 0 Å². The van der Waals surface area contributed by atoms with Crippen LogP contribution < -0.4 is 9.80 Å². The molecule has 2 heteroatoms. The van der Waals surface area contributed by atoms with Gasteiger partial charge in [0.15, 0.2) is 0 Å². The van der Waals surface area contributed by atoms with E-state index in [1.807, 2.05) is 0 Å². The zero-order chi connectivity index (χ0) is 41.2. The quantitative estimate of drug-likeness (QED) is 0.158. The van der Waals surface area contributed by atoms with Gasteiger partial charge in [0.2, 0.25) is 0 Å². The molecule has 0 fully saturated rings. The highest BCUT2D eigenvalue weighted by atomic mass is 15.2. The monoisotopic (exact) mass is 796 g/mol. The van der Waals surface area contributed by atoms with E-state index in [0.717, 1.165) is 36.3 Å². The maximum absolute atomic E-state index is 2.54. The average molecular weight is 797 g/mol. The minimum Gasteiger partial charge on any atom is -0.310 e. The van der Waals surface area contributed by atoms with Gasteiger partial charge in [0, 0.05) is 33.8 Å². The second kappa shape index (κ2) is 14.8. The van der Waals surface area contributed by atoms with E-state index in [2.05, 4.69) is 223 Å². The second-order valence-corrected chi connectivity index (χ2v) is 17.5. The van der Waals surface area contributed by atoms with Crippen molar-refractivity contribution in [3.05, 3.63) is 239 Å². The first-order valence-corrected chi connectivity index (χ1v) is 22.5. The normalized spacial score (nSPS) is 17.7. The van der Waals surface area contributed by atoms with Crippen LogP contribution >= 0.6 is 0 Å². The summed E-state index contributed by atoms with van der Waals surface area (Å²) in [6.45, 7) is 2.31. The minimum absolute atomic E-state index is 0.518. The van der Waals surface area contributed by atoms with E-state index in [-0.39, 0.29) is 0 Å². The molecule has 0 saturated carbocycles. The highest BCUT2D eigenvalue weighted by Crippen LogP contribution is 2.65. The van der Waals surface area contributed by atoms with Crippen molar-refractivity contribution in [1.82, 2.24) is 0 Å². The van der Waals surface area contributed by atoms with E-state index in [0.29, 0.717) is 5.92 Å².